The average molecular weight is 184 g/mol. The van der Waals surface area contributed by atoms with Crippen LogP contribution < -0.4 is 0 Å². The largest absolute Gasteiger partial charge is 0.501 e. The Morgan fingerprint density at radius 1 is 1.54 bits per heavy atom. The maximum absolute atomic E-state index is 5.50. The summed E-state index contributed by atoms with van der Waals surface area (Å²) >= 11 is 0. The number of ether oxygens (including phenoxy) is 2. The van der Waals surface area contributed by atoms with E-state index in [1.807, 2.05) is 13.0 Å². The Balaban J connectivity index is 2.38. The van der Waals surface area contributed by atoms with Gasteiger partial charge >= 0.3 is 0 Å². The summed E-state index contributed by atoms with van der Waals surface area (Å²) in [5.41, 5.74) is 0.276. The molecule has 1 saturated heterocycles. The molecule has 0 radical (unpaired) electrons. The second-order valence-electron chi connectivity index (χ2n) is 3.79. The highest BCUT2D eigenvalue weighted by molar-refractivity contribution is 4.81. The molecule has 1 atom stereocenters. The third-order valence-corrected chi connectivity index (χ3v) is 2.78. The van der Waals surface area contributed by atoms with Crippen molar-refractivity contribution < 1.29 is 9.47 Å². The van der Waals surface area contributed by atoms with Gasteiger partial charge in [0.2, 0.25) is 0 Å². The number of rotatable bonds is 4. The molecule has 0 amide bonds. The van der Waals surface area contributed by atoms with E-state index in [0.717, 1.165) is 26.2 Å². The third kappa shape index (κ3) is 3.03. The fraction of sp³-hybridized carbons (Fsp3) is 0.818. The van der Waals surface area contributed by atoms with E-state index < -0.39 is 0 Å². The van der Waals surface area contributed by atoms with Crippen LogP contribution in [0.3, 0.4) is 0 Å². The van der Waals surface area contributed by atoms with Crippen molar-refractivity contribution in [3.63, 3.8) is 0 Å². The molecular formula is C11H20O2. The van der Waals surface area contributed by atoms with Gasteiger partial charge in [0.15, 0.2) is 0 Å². The molecule has 2 heteroatoms. The Hall–Kier alpha value is -0.500. The number of hydrogen-bond donors (Lipinski definition) is 0. The second kappa shape index (κ2) is 5.28. The Morgan fingerprint density at radius 2 is 2.38 bits per heavy atom. The van der Waals surface area contributed by atoms with Crippen molar-refractivity contribution in [2.75, 3.05) is 19.8 Å². The van der Waals surface area contributed by atoms with E-state index in [1.54, 1.807) is 6.26 Å². The molecule has 1 aliphatic heterocycles. The van der Waals surface area contributed by atoms with Gasteiger partial charge in [-0.25, -0.2) is 0 Å². The lowest BCUT2D eigenvalue weighted by Gasteiger charge is -2.35. The molecule has 1 heterocycles. The van der Waals surface area contributed by atoms with Gasteiger partial charge in [0, 0.05) is 12.0 Å². The van der Waals surface area contributed by atoms with Crippen LogP contribution >= 0.6 is 0 Å². The molecular weight excluding hydrogens is 164 g/mol. The SMILES string of the molecule is CC=COCC1(CC)CCCOC1. The molecule has 0 bridgehead atoms. The first-order valence-electron chi connectivity index (χ1n) is 5.13. The topological polar surface area (TPSA) is 18.5 Å². The predicted molar refractivity (Wildman–Crippen MR) is 53.5 cm³/mol. The molecule has 2 nitrogen and oxygen atoms in total. The third-order valence-electron chi connectivity index (χ3n) is 2.78. The van der Waals surface area contributed by atoms with Crippen molar-refractivity contribution in [2.24, 2.45) is 5.41 Å². The second-order valence-corrected chi connectivity index (χ2v) is 3.79. The van der Waals surface area contributed by atoms with Crippen molar-refractivity contribution in [3.8, 4) is 0 Å². The van der Waals surface area contributed by atoms with Gasteiger partial charge in [-0.3, -0.25) is 0 Å². The van der Waals surface area contributed by atoms with Crippen LogP contribution in [0.2, 0.25) is 0 Å². The van der Waals surface area contributed by atoms with Crippen molar-refractivity contribution in [3.05, 3.63) is 12.3 Å². The van der Waals surface area contributed by atoms with Crippen LogP contribution in [0.15, 0.2) is 12.3 Å². The Labute approximate surface area is 80.9 Å². The summed E-state index contributed by atoms with van der Waals surface area (Å²) in [4.78, 5) is 0. The van der Waals surface area contributed by atoms with Crippen LogP contribution in [0.1, 0.15) is 33.1 Å². The minimum Gasteiger partial charge on any atom is -0.501 e. The molecule has 76 valence electrons. The molecule has 0 aromatic rings. The summed E-state index contributed by atoms with van der Waals surface area (Å²) in [7, 11) is 0. The maximum Gasteiger partial charge on any atom is 0.0951 e. The quantitative estimate of drug-likeness (QED) is 0.625. The molecule has 0 spiro atoms. The molecule has 1 unspecified atom stereocenters. The van der Waals surface area contributed by atoms with E-state index >= 15 is 0 Å². The first-order chi connectivity index (χ1) is 6.33. The van der Waals surface area contributed by atoms with Crippen LogP contribution in [-0.2, 0) is 9.47 Å². The number of hydrogen-bond acceptors (Lipinski definition) is 2. The fourth-order valence-corrected chi connectivity index (χ4v) is 1.73. The molecule has 0 aromatic carbocycles. The molecule has 0 saturated carbocycles. The smallest absolute Gasteiger partial charge is 0.0951 e. The van der Waals surface area contributed by atoms with Gasteiger partial charge in [-0.1, -0.05) is 13.0 Å². The minimum absolute atomic E-state index is 0.276. The maximum atomic E-state index is 5.50. The van der Waals surface area contributed by atoms with Gasteiger partial charge < -0.3 is 9.47 Å². The van der Waals surface area contributed by atoms with Gasteiger partial charge in [-0.2, -0.15) is 0 Å². The molecule has 1 rings (SSSR count). The predicted octanol–water partition coefficient (Wildman–Crippen LogP) is 2.74. The lowest BCUT2D eigenvalue weighted by molar-refractivity contribution is -0.0433. The highest BCUT2D eigenvalue weighted by Crippen LogP contribution is 2.32. The van der Waals surface area contributed by atoms with E-state index in [1.165, 1.54) is 12.8 Å². The van der Waals surface area contributed by atoms with Gasteiger partial charge in [0.1, 0.15) is 0 Å². The van der Waals surface area contributed by atoms with E-state index in [9.17, 15) is 0 Å². The van der Waals surface area contributed by atoms with Crippen molar-refractivity contribution in [1.29, 1.82) is 0 Å². The molecule has 0 aromatic heterocycles. The van der Waals surface area contributed by atoms with Crippen LogP contribution in [0.5, 0.6) is 0 Å². The summed E-state index contributed by atoms with van der Waals surface area (Å²) in [5.74, 6) is 0. The van der Waals surface area contributed by atoms with Crippen molar-refractivity contribution >= 4 is 0 Å². The summed E-state index contributed by atoms with van der Waals surface area (Å²) in [6.45, 7) is 6.77. The zero-order chi connectivity index (χ0) is 9.57. The molecule has 0 N–H and O–H groups in total. The van der Waals surface area contributed by atoms with E-state index in [2.05, 4.69) is 6.92 Å². The average Bonchev–Trinajstić information content (AvgIpc) is 2.20. The van der Waals surface area contributed by atoms with Crippen LogP contribution in [-0.4, -0.2) is 19.8 Å². The standard InChI is InChI=1S/C11H20O2/c1-3-7-12-9-11(4-2)6-5-8-13-10-11/h3,7H,4-6,8-10H2,1-2H3. The lowest BCUT2D eigenvalue weighted by atomic mass is 9.81. The van der Waals surface area contributed by atoms with E-state index in [0.29, 0.717) is 0 Å². The Morgan fingerprint density at radius 3 is 2.92 bits per heavy atom. The van der Waals surface area contributed by atoms with Crippen molar-refractivity contribution in [2.45, 2.75) is 33.1 Å². The van der Waals surface area contributed by atoms with Crippen LogP contribution in [0.25, 0.3) is 0 Å². The zero-order valence-corrected chi connectivity index (χ0v) is 8.71. The fourth-order valence-electron chi connectivity index (χ4n) is 1.73. The highest BCUT2D eigenvalue weighted by atomic mass is 16.5. The van der Waals surface area contributed by atoms with E-state index in [4.69, 9.17) is 9.47 Å². The normalized spacial score (nSPS) is 29.4. The van der Waals surface area contributed by atoms with Crippen LogP contribution in [0, 0.1) is 5.41 Å². The monoisotopic (exact) mass is 184 g/mol. The molecule has 1 fully saturated rings. The van der Waals surface area contributed by atoms with Gasteiger partial charge in [0.05, 0.1) is 19.5 Å². The van der Waals surface area contributed by atoms with Gasteiger partial charge in [0.25, 0.3) is 0 Å². The van der Waals surface area contributed by atoms with Crippen molar-refractivity contribution in [1.82, 2.24) is 0 Å². The van der Waals surface area contributed by atoms with E-state index in [-0.39, 0.29) is 5.41 Å². The number of allylic oxidation sites excluding steroid dienone is 1. The summed E-state index contributed by atoms with van der Waals surface area (Å²) < 4.78 is 11.0. The Kier molecular flexibility index (Phi) is 4.29. The minimum atomic E-state index is 0.276. The summed E-state index contributed by atoms with van der Waals surface area (Å²) in [6, 6.07) is 0. The summed E-state index contributed by atoms with van der Waals surface area (Å²) in [6.07, 6.45) is 7.25. The van der Waals surface area contributed by atoms with Gasteiger partial charge in [-0.05, 0) is 26.2 Å². The molecule has 1 aliphatic rings. The molecule has 13 heavy (non-hydrogen) atoms. The summed E-state index contributed by atoms with van der Waals surface area (Å²) in [5, 5.41) is 0. The first kappa shape index (κ1) is 10.6. The highest BCUT2D eigenvalue weighted by Gasteiger charge is 2.31. The first-order valence-corrected chi connectivity index (χ1v) is 5.13. The Bertz CT molecular complexity index is 157. The van der Waals surface area contributed by atoms with Gasteiger partial charge in [-0.15, -0.1) is 0 Å². The zero-order valence-electron chi connectivity index (χ0n) is 8.71. The molecule has 0 aliphatic carbocycles. The lowest BCUT2D eigenvalue weighted by Crippen LogP contribution is -2.35. The van der Waals surface area contributed by atoms with Crippen LogP contribution in [0.4, 0.5) is 0 Å².